The number of benzene rings is 1. The number of sulfone groups is 1. The van der Waals surface area contributed by atoms with Gasteiger partial charge in [-0.25, -0.2) is 8.42 Å². The summed E-state index contributed by atoms with van der Waals surface area (Å²) in [6.45, 7) is 0.947. The molecule has 134 valence electrons. The van der Waals surface area contributed by atoms with Gasteiger partial charge in [0.05, 0.1) is 23.3 Å². The summed E-state index contributed by atoms with van der Waals surface area (Å²) in [5.74, 6) is -0.0246. The van der Waals surface area contributed by atoms with Gasteiger partial charge in [-0.1, -0.05) is 35.1 Å². The van der Waals surface area contributed by atoms with E-state index >= 15 is 0 Å². The normalized spacial score (nSPS) is 18.3. The first-order valence-electron chi connectivity index (χ1n) is 7.56. The van der Waals surface area contributed by atoms with Crippen molar-refractivity contribution in [3.63, 3.8) is 0 Å². The molecule has 0 bridgehead atoms. The Morgan fingerprint density at radius 1 is 1.36 bits per heavy atom. The molecule has 1 fully saturated rings. The third-order valence-electron chi connectivity index (χ3n) is 4.00. The average Bonchev–Trinajstić information content (AvgIpc) is 3.14. The number of hydrogen-bond acceptors (Lipinski definition) is 7. The minimum Gasteiger partial charge on any atom is -0.310 e. The fourth-order valence-electron chi connectivity index (χ4n) is 2.76. The molecule has 25 heavy (non-hydrogen) atoms. The number of anilines is 1. The molecule has 10 heteroatoms. The maximum Gasteiger partial charge on any atom is 0.244 e. The van der Waals surface area contributed by atoms with Crippen LogP contribution in [0.15, 0.2) is 28.6 Å². The van der Waals surface area contributed by atoms with Gasteiger partial charge in [-0.05, 0) is 25.6 Å². The van der Waals surface area contributed by atoms with Gasteiger partial charge >= 0.3 is 0 Å². The molecule has 1 aliphatic rings. The molecule has 1 atom stereocenters. The van der Waals surface area contributed by atoms with Crippen molar-refractivity contribution >= 4 is 44.4 Å². The van der Waals surface area contributed by atoms with E-state index < -0.39 is 9.84 Å². The van der Waals surface area contributed by atoms with Crippen LogP contribution in [-0.4, -0.2) is 55.3 Å². The Kier molecular flexibility index (Phi) is 5.10. The van der Waals surface area contributed by atoms with E-state index in [1.807, 2.05) is 30.1 Å². The minimum atomic E-state index is -3.36. The number of halogens is 1. The summed E-state index contributed by atoms with van der Waals surface area (Å²) in [4.78, 5) is 16.3. The van der Waals surface area contributed by atoms with E-state index in [1.165, 1.54) is 0 Å². The smallest absolute Gasteiger partial charge is 0.244 e. The fraction of sp³-hybridized carbons (Fsp3) is 0.400. The van der Waals surface area contributed by atoms with E-state index in [-0.39, 0.29) is 16.3 Å². The second kappa shape index (κ2) is 6.99. The highest BCUT2D eigenvalue weighted by Crippen LogP contribution is 2.30. The first-order valence-corrected chi connectivity index (χ1v) is 10.6. The van der Waals surface area contributed by atoms with Crippen LogP contribution in [0.25, 0.3) is 0 Å². The second-order valence-corrected chi connectivity index (χ2v) is 9.55. The lowest BCUT2D eigenvalue weighted by Gasteiger charge is -2.23. The van der Waals surface area contributed by atoms with E-state index in [0.717, 1.165) is 17.6 Å². The molecule has 2 heterocycles. The predicted octanol–water partition coefficient (Wildman–Crippen LogP) is 1.83. The summed E-state index contributed by atoms with van der Waals surface area (Å²) < 4.78 is 23.0. The highest BCUT2D eigenvalue weighted by Gasteiger charge is 2.36. The van der Waals surface area contributed by atoms with Crippen LogP contribution in [-0.2, 0) is 21.2 Å². The van der Waals surface area contributed by atoms with Gasteiger partial charge in [0.25, 0.3) is 0 Å². The van der Waals surface area contributed by atoms with E-state index in [1.54, 1.807) is 11.0 Å². The second-order valence-electron chi connectivity index (χ2n) is 5.89. The van der Waals surface area contributed by atoms with E-state index in [0.29, 0.717) is 35.2 Å². The number of amides is 1. The molecule has 0 radical (unpaired) electrons. The molecule has 1 aliphatic heterocycles. The summed E-state index contributed by atoms with van der Waals surface area (Å²) in [5, 5.41) is 8.72. The van der Waals surface area contributed by atoms with Crippen molar-refractivity contribution in [3.8, 4) is 0 Å². The van der Waals surface area contributed by atoms with Gasteiger partial charge in [0.1, 0.15) is 5.01 Å². The highest BCUT2D eigenvalue weighted by atomic mass is 35.5. The van der Waals surface area contributed by atoms with Gasteiger partial charge < -0.3 is 4.90 Å². The van der Waals surface area contributed by atoms with Crippen molar-refractivity contribution in [3.05, 3.63) is 34.3 Å². The third kappa shape index (κ3) is 3.84. The molecular formula is C15H17ClN4O3S2. The lowest BCUT2D eigenvalue weighted by Crippen LogP contribution is -2.39. The molecule has 0 N–H and O–H groups in total. The number of aromatic nitrogens is 2. The SMILES string of the molecule is CN(Cc1nnc(S(C)(=O)=O)s1)[C@H]1CCN(c2ccccc2Cl)C1=O. The monoisotopic (exact) mass is 400 g/mol. The summed E-state index contributed by atoms with van der Waals surface area (Å²) in [7, 11) is -1.54. The number of hydrogen-bond donors (Lipinski definition) is 0. The number of carbonyl (C=O) groups excluding carboxylic acids is 1. The lowest BCUT2D eigenvalue weighted by atomic mass is 10.2. The van der Waals surface area contributed by atoms with Crippen molar-refractivity contribution in [1.82, 2.24) is 15.1 Å². The van der Waals surface area contributed by atoms with Crippen LogP contribution in [0.1, 0.15) is 11.4 Å². The molecule has 7 nitrogen and oxygen atoms in total. The van der Waals surface area contributed by atoms with Gasteiger partial charge in [-0.2, -0.15) is 0 Å². The fourth-order valence-corrected chi connectivity index (χ4v) is 4.71. The molecule has 0 aliphatic carbocycles. The minimum absolute atomic E-state index is 0.00802. The number of nitrogens with zero attached hydrogens (tertiary/aromatic N) is 4. The maximum atomic E-state index is 12.8. The molecule has 1 saturated heterocycles. The quantitative estimate of drug-likeness (QED) is 0.761. The zero-order chi connectivity index (χ0) is 18.2. The largest absolute Gasteiger partial charge is 0.310 e. The van der Waals surface area contributed by atoms with Gasteiger partial charge in [-0.3, -0.25) is 9.69 Å². The Labute approximate surface area is 155 Å². The zero-order valence-corrected chi connectivity index (χ0v) is 16.1. The summed E-state index contributed by atoms with van der Waals surface area (Å²) >= 11 is 7.22. The van der Waals surface area contributed by atoms with Gasteiger partial charge in [0.15, 0.2) is 0 Å². The maximum absolute atomic E-state index is 12.8. The zero-order valence-electron chi connectivity index (χ0n) is 13.7. The number of rotatable bonds is 5. The van der Waals surface area contributed by atoms with Gasteiger partial charge in [0.2, 0.25) is 20.1 Å². The number of carbonyl (C=O) groups is 1. The van der Waals surface area contributed by atoms with Gasteiger partial charge in [0, 0.05) is 12.8 Å². The molecule has 1 aromatic heterocycles. The molecule has 0 spiro atoms. The Morgan fingerprint density at radius 3 is 2.72 bits per heavy atom. The Morgan fingerprint density at radius 2 is 2.08 bits per heavy atom. The average molecular weight is 401 g/mol. The van der Waals surface area contributed by atoms with Gasteiger partial charge in [-0.15, -0.1) is 10.2 Å². The first kappa shape index (κ1) is 18.2. The van der Waals surface area contributed by atoms with Crippen LogP contribution in [0.4, 0.5) is 5.69 Å². The van der Waals surface area contributed by atoms with Crippen molar-refractivity contribution < 1.29 is 13.2 Å². The van der Waals surface area contributed by atoms with Crippen LogP contribution < -0.4 is 4.90 Å². The van der Waals surface area contributed by atoms with Crippen LogP contribution >= 0.6 is 22.9 Å². The summed E-state index contributed by atoms with van der Waals surface area (Å²) in [5.41, 5.74) is 0.709. The molecule has 1 amide bonds. The van der Waals surface area contributed by atoms with E-state index in [9.17, 15) is 13.2 Å². The molecule has 0 saturated carbocycles. The van der Waals surface area contributed by atoms with Crippen molar-refractivity contribution in [2.45, 2.75) is 23.3 Å². The molecule has 0 unspecified atom stereocenters. The highest BCUT2D eigenvalue weighted by molar-refractivity contribution is 7.92. The van der Waals surface area contributed by atoms with Crippen LogP contribution in [0, 0.1) is 0 Å². The Balaban J connectivity index is 1.71. The summed E-state index contributed by atoms with van der Waals surface area (Å²) in [6, 6.07) is 6.95. The molecule has 3 rings (SSSR count). The first-order chi connectivity index (χ1) is 11.8. The molecular weight excluding hydrogens is 384 g/mol. The summed E-state index contributed by atoms with van der Waals surface area (Å²) in [6.07, 6.45) is 1.77. The van der Waals surface area contributed by atoms with E-state index in [4.69, 9.17) is 11.6 Å². The van der Waals surface area contributed by atoms with Crippen LogP contribution in [0.5, 0.6) is 0 Å². The van der Waals surface area contributed by atoms with Crippen molar-refractivity contribution in [2.75, 3.05) is 24.7 Å². The Bertz CT molecular complexity index is 900. The molecule has 2 aromatic rings. The van der Waals surface area contributed by atoms with Crippen LogP contribution in [0.2, 0.25) is 5.02 Å². The topological polar surface area (TPSA) is 83.5 Å². The molecule has 1 aromatic carbocycles. The standard InChI is InChI=1S/C15H17ClN4O3S2/c1-19(9-13-17-18-15(24-13)25(2,22)23)12-7-8-20(14(12)21)11-6-4-3-5-10(11)16/h3-6,12H,7-9H2,1-2H3/t12-/m0/s1. The number of likely N-dealkylation sites (N-methyl/N-ethyl adjacent to an activating group) is 1. The third-order valence-corrected chi connectivity index (χ3v) is 6.90. The van der Waals surface area contributed by atoms with E-state index in [2.05, 4.69) is 10.2 Å². The lowest BCUT2D eigenvalue weighted by molar-refractivity contribution is -0.121. The predicted molar refractivity (Wildman–Crippen MR) is 96.7 cm³/mol. The number of para-hydroxylation sites is 1. The van der Waals surface area contributed by atoms with Crippen LogP contribution in [0.3, 0.4) is 0 Å². The Hall–Kier alpha value is -1.55. The van der Waals surface area contributed by atoms with Crippen molar-refractivity contribution in [2.24, 2.45) is 0 Å². The van der Waals surface area contributed by atoms with Crippen molar-refractivity contribution in [1.29, 1.82) is 0 Å².